The van der Waals surface area contributed by atoms with E-state index in [0.717, 1.165) is 0 Å². The van der Waals surface area contributed by atoms with E-state index in [1.165, 1.54) is 122 Å². The van der Waals surface area contributed by atoms with Gasteiger partial charge in [-0.05, 0) is 93.0 Å². The Labute approximate surface area is 364 Å². The molecule has 0 saturated heterocycles. The van der Waals surface area contributed by atoms with Gasteiger partial charge < -0.3 is 4.90 Å². The molecule has 0 bridgehead atoms. The van der Waals surface area contributed by atoms with E-state index < -0.39 is 0 Å². The lowest BCUT2D eigenvalue weighted by atomic mass is 9.43. The lowest BCUT2D eigenvalue weighted by Gasteiger charge is -2.58. The Kier molecular flexibility index (Phi) is 6.44. The first-order valence-electron chi connectivity index (χ1n) is 21.2. The van der Waals surface area contributed by atoms with Crippen molar-refractivity contribution in [3.8, 4) is 11.1 Å². The zero-order valence-corrected chi connectivity index (χ0v) is 35.2. The molecule has 0 fully saturated rings. The Morgan fingerprint density at radius 3 is 1.62 bits per heavy atom. The van der Waals surface area contributed by atoms with Crippen LogP contribution in [0.2, 0.25) is 0 Å². The van der Waals surface area contributed by atoms with Crippen molar-refractivity contribution >= 4 is 112 Å². The van der Waals surface area contributed by atoms with Crippen LogP contribution in [0.25, 0.3) is 71.6 Å². The van der Waals surface area contributed by atoms with Crippen molar-refractivity contribution in [3.05, 3.63) is 221 Å². The zero-order valence-electron chi connectivity index (χ0n) is 32.7. The molecule has 12 aromatic rings. The van der Waals surface area contributed by atoms with Crippen molar-refractivity contribution < 1.29 is 0 Å². The fourth-order valence-electron chi connectivity index (χ4n) is 12.1. The minimum absolute atomic E-state index is 0.1000. The molecule has 3 atom stereocenters. The number of fused-ring (bicyclic) bond motifs is 16. The molecule has 0 aliphatic heterocycles. The Morgan fingerprint density at radius 1 is 0.361 bits per heavy atom. The van der Waals surface area contributed by atoms with E-state index >= 15 is 0 Å². The summed E-state index contributed by atoms with van der Waals surface area (Å²) in [5.41, 5.74) is 15.3. The van der Waals surface area contributed by atoms with Crippen LogP contribution in [-0.4, -0.2) is 0 Å². The van der Waals surface area contributed by atoms with Gasteiger partial charge in [0, 0.05) is 78.8 Å². The summed E-state index contributed by atoms with van der Waals surface area (Å²) in [4.78, 5) is 2.65. The first-order chi connectivity index (χ1) is 30.3. The highest BCUT2D eigenvalue weighted by molar-refractivity contribution is 7.27. The summed E-state index contributed by atoms with van der Waals surface area (Å²) >= 11 is 5.75. The van der Waals surface area contributed by atoms with Crippen LogP contribution in [0.15, 0.2) is 188 Å². The largest absolute Gasteiger partial charge is 0.309 e. The molecule has 61 heavy (non-hydrogen) atoms. The van der Waals surface area contributed by atoms with Crippen LogP contribution in [-0.2, 0) is 5.41 Å². The average molecular weight is 828 g/mol. The summed E-state index contributed by atoms with van der Waals surface area (Å²) in [5.74, 6) is 0.480. The van der Waals surface area contributed by atoms with Gasteiger partial charge in [-0.25, -0.2) is 0 Å². The summed E-state index contributed by atoms with van der Waals surface area (Å²) in [5, 5.41) is 7.96. The second-order valence-corrected chi connectivity index (χ2v) is 20.2. The lowest BCUT2D eigenvalue weighted by molar-refractivity contribution is 0.333. The molecule has 3 aromatic heterocycles. The van der Waals surface area contributed by atoms with Crippen LogP contribution in [0.1, 0.15) is 45.2 Å². The van der Waals surface area contributed by atoms with Gasteiger partial charge in [0.2, 0.25) is 0 Å². The topological polar surface area (TPSA) is 3.24 Å². The van der Waals surface area contributed by atoms with Gasteiger partial charge in [0.05, 0.1) is 16.1 Å². The predicted molar refractivity (Wildman–Crippen MR) is 263 cm³/mol. The van der Waals surface area contributed by atoms with Crippen molar-refractivity contribution in [2.75, 3.05) is 4.90 Å². The molecule has 0 radical (unpaired) electrons. The van der Waals surface area contributed by atoms with E-state index in [-0.39, 0.29) is 17.3 Å². The van der Waals surface area contributed by atoms with E-state index in [1.54, 1.807) is 0 Å². The number of thiophene rings is 3. The number of hydrogen-bond acceptors (Lipinski definition) is 4. The van der Waals surface area contributed by atoms with Gasteiger partial charge in [-0.1, -0.05) is 140 Å². The van der Waals surface area contributed by atoms with Crippen LogP contribution in [0.3, 0.4) is 0 Å². The normalized spacial score (nSPS) is 18.2. The highest BCUT2D eigenvalue weighted by atomic mass is 32.1. The molecule has 0 amide bonds. The van der Waals surface area contributed by atoms with Crippen molar-refractivity contribution in [1.82, 2.24) is 0 Å². The predicted octanol–water partition coefficient (Wildman–Crippen LogP) is 16.8. The van der Waals surface area contributed by atoms with Crippen molar-refractivity contribution in [3.63, 3.8) is 0 Å². The molecule has 0 saturated carbocycles. The maximum absolute atomic E-state index is 2.65. The molecule has 3 unspecified atom stereocenters. The quantitative estimate of drug-likeness (QED) is 0.171. The molecule has 3 aliphatic rings. The maximum Gasteiger partial charge on any atom is 0.0640 e. The van der Waals surface area contributed by atoms with Crippen molar-refractivity contribution in [2.24, 2.45) is 0 Å². The highest BCUT2D eigenvalue weighted by Crippen LogP contribution is 2.79. The van der Waals surface area contributed by atoms with Crippen LogP contribution < -0.4 is 4.90 Å². The molecule has 1 nitrogen and oxygen atoms in total. The minimum atomic E-state index is -0.1000. The Hall–Kier alpha value is -6.56. The fourth-order valence-corrected chi connectivity index (χ4v) is 15.6. The Bertz CT molecular complexity index is 3880. The first kappa shape index (κ1) is 33.2. The van der Waals surface area contributed by atoms with E-state index in [0.29, 0.717) is 0 Å². The molecule has 0 N–H and O–H groups in total. The molecule has 1 spiro atoms. The van der Waals surface area contributed by atoms with Gasteiger partial charge in [0.15, 0.2) is 0 Å². The average Bonchev–Trinajstić information content (AvgIpc) is 4.04. The summed E-state index contributed by atoms with van der Waals surface area (Å²) < 4.78 is 8.01. The van der Waals surface area contributed by atoms with E-state index in [9.17, 15) is 0 Å². The molecule has 3 aliphatic carbocycles. The molecule has 284 valence electrons. The third-order valence-corrected chi connectivity index (χ3v) is 17.9. The summed E-state index contributed by atoms with van der Waals surface area (Å²) in [6.07, 6.45) is 0. The SMILES string of the molecule is c1ccc2c(c1)C1c3c(-c4cccc5c4sc4ccccc45)ccc(N(c4ccc5sc6ccccc6c5c4)c4cccc5c4sc4ccccc45)c3C3c4ccccc4C213. The Morgan fingerprint density at radius 2 is 0.902 bits per heavy atom. The summed E-state index contributed by atoms with van der Waals surface area (Å²) in [6, 6.07) is 71.7. The second kappa shape index (κ2) is 11.8. The lowest BCUT2D eigenvalue weighted by Crippen LogP contribution is -2.52. The van der Waals surface area contributed by atoms with Crippen molar-refractivity contribution in [1.29, 1.82) is 0 Å². The van der Waals surface area contributed by atoms with Crippen LogP contribution in [0, 0.1) is 0 Å². The first-order valence-corrected chi connectivity index (χ1v) is 23.6. The fraction of sp³-hybridized carbons (Fsp3) is 0.0526. The monoisotopic (exact) mass is 827 g/mol. The third kappa shape index (κ3) is 4.07. The number of rotatable bonds is 4. The minimum Gasteiger partial charge on any atom is -0.309 e. The van der Waals surface area contributed by atoms with Gasteiger partial charge >= 0.3 is 0 Å². The van der Waals surface area contributed by atoms with E-state index in [1.807, 2.05) is 34.0 Å². The van der Waals surface area contributed by atoms with Gasteiger partial charge in [-0.3, -0.25) is 0 Å². The van der Waals surface area contributed by atoms with E-state index in [2.05, 4.69) is 193 Å². The third-order valence-electron chi connectivity index (χ3n) is 14.4. The van der Waals surface area contributed by atoms with Gasteiger partial charge in [0.25, 0.3) is 0 Å². The van der Waals surface area contributed by atoms with Gasteiger partial charge in [0.1, 0.15) is 0 Å². The smallest absolute Gasteiger partial charge is 0.0640 e. The van der Waals surface area contributed by atoms with E-state index in [4.69, 9.17) is 0 Å². The second-order valence-electron chi connectivity index (χ2n) is 17.0. The maximum atomic E-state index is 2.65. The summed E-state index contributed by atoms with van der Waals surface area (Å²) in [6.45, 7) is 0. The Balaban J connectivity index is 1.08. The molecule has 9 aromatic carbocycles. The number of nitrogens with zero attached hydrogens (tertiary/aromatic N) is 1. The number of hydrogen-bond donors (Lipinski definition) is 0. The van der Waals surface area contributed by atoms with Gasteiger partial charge in [-0.2, -0.15) is 0 Å². The molecule has 15 rings (SSSR count). The number of anilines is 3. The summed E-state index contributed by atoms with van der Waals surface area (Å²) in [7, 11) is 0. The van der Waals surface area contributed by atoms with Crippen molar-refractivity contribution in [2.45, 2.75) is 17.3 Å². The molecule has 4 heteroatoms. The molecular formula is C57H33NS3. The zero-order chi connectivity index (χ0) is 39.6. The van der Waals surface area contributed by atoms with Crippen LogP contribution in [0.4, 0.5) is 17.1 Å². The number of benzene rings is 9. The highest BCUT2D eigenvalue weighted by Gasteiger charge is 2.70. The van der Waals surface area contributed by atoms with Gasteiger partial charge in [-0.15, -0.1) is 34.0 Å². The van der Waals surface area contributed by atoms with Crippen LogP contribution in [0.5, 0.6) is 0 Å². The molecule has 3 heterocycles. The molecular weight excluding hydrogens is 795 g/mol. The standard InChI is InChI=1S/C57H33NS3/c1-6-21-43-40(16-1)53-51-36(39-19-11-18-37-33-13-3-9-25-48(33)60-55(37)39)28-29-45(52(51)54-41-17-2-7-22-44(41)57(43,53)54)58(32-27-30-50-42(31-32)35-15-5-8-24-47(35)59-50)46-23-12-20-38-34-14-4-10-26-49(34)61-56(38)46/h1-31,53-54H. The van der Waals surface area contributed by atoms with Crippen LogP contribution >= 0.6 is 34.0 Å².